The van der Waals surface area contributed by atoms with E-state index in [0.29, 0.717) is 12.6 Å². The van der Waals surface area contributed by atoms with Gasteiger partial charge in [0.05, 0.1) is 13.2 Å². The quantitative estimate of drug-likeness (QED) is 0.855. The molecule has 0 unspecified atom stereocenters. The molecule has 1 heterocycles. The van der Waals surface area contributed by atoms with Gasteiger partial charge in [-0.3, -0.25) is 0 Å². The van der Waals surface area contributed by atoms with Crippen LogP contribution in [0.1, 0.15) is 24.5 Å². The number of aliphatic hydroxyl groups excluding tert-OH is 1. The molecule has 4 heteroatoms. The van der Waals surface area contributed by atoms with E-state index in [4.69, 9.17) is 4.74 Å². The van der Waals surface area contributed by atoms with Gasteiger partial charge in [0, 0.05) is 37.4 Å². The lowest BCUT2D eigenvalue weighted by Crippen LogP contribution is -2.40. The zero-order chi connectivity index (χ0) is 16.8. The zero-order valence-electron chi connectivity index (χ0n) is 14.2. The molecule has 4 nitrogen and oxygen atoms in total. The van der Waals surface area contributed by atoms with Crippen LogP contribution in [0.2, 0.25) is 0 Å². The van der Waals surface area contributed by atoms with E-state index in [0.717, 1.165) is 42.9 Å². The maximum Gasteiger partial charge on any atom is 0.120 e. The maximum absolute atomic E-state index is 10.4. The molecule has 0 spiro atoms. The van der Waals surface area contributed by atoms with E-state index < -0.39 is 6.10 Å². The number of nitrogens with one attached hydrogen (secondary N) is 1. The van der Waals surface area contributed by atoms with E-state index >= 15 is 0 Å². The van der Waals surface area contributed by atoms with Crippen LogP contribution in [0.3, 0.4) is 0 Å². The maximum atomic E-state index is 10.4. The van der Waals surface area contributed by atoms with Gasteiger partial charge >= 0.3 is 0 Å². The third-order valence-corrected chi connectivity index (χ3v) is 4.64. The number of ether oxygens (including phenoxy) is 1. The van der Waals surface area contributed by atoms with Gasteiger partial charge in [-0.2, -0.15) is 0 Å². The third-order valence-electron chi connectivity index (χ3n) is 4.64. The molecule has 0 aliphatic carbocycles. The van der Waals surface area contributed by atoms with Crippen molar-refractivity contribution in [3.63, 3.8) is 0 Å². The summed E-state index contributed by atoms with van der Waals surface area (Å²) in [4.78, 5) is 2.35. The summed E-state index contributed by atoms with van der Waals surface area (Å²) in [5, 5.41) is 14.0. The van der Waals surface area contributed by atoms with Crippen molar-refractivity contribution in [3.8, 4) is 5.75 Å². The zero-order valence-corrected chi connectivity index (χ0v) is 14.2. The Morgan fingerprint density at radius 3 is 2.58 bits per heavy atom. The van der Waals surface area contributed by atoms with Crippen LogP contribution in [0.25, 0.3) is 0 Å². The molecule has 1 atom stereocenters. The third kappa shape index (κ3) is 4.49. The molecular weight excluding hydrogens is 300 g/mol. The van der Waals surface area contributed by atoms with Gasteiger partial charge in [-0.1, -0.05) is 36.4 Å². The second kappa shape index (κ2) is 8.18. The Labute approximate surface area is 144 Å². The molecule has 0 bridgehead atoms. The highest BCUT2D eigenvalue weighted by molar-refractivity contribution is 5.48. The van der Waals surface area contributed by atoms with Crippen molar-refractivity contribution in [2.24, 2.45) is 0 Å². The number of likely N-dealkylation sites (tertiary alicyclic amines) is 1. The highest BCUT2D eigenvalue weighted by Gasteiger charge is 2.21. The molecule has 1 aliphatic heterocycles. The van der Waals surface area contributed by atoms with E-state index in [1.807, 2.05) is 48.5 Å². The van der Waals surface area contributed by atoms with Crippen molar-refractivity contribution >= 4 is 5.69 Å². The van der Waals surface area contributed by atoms with Gasteiger partial charge in [0.15, 0.2) is 0 Å². The van der Waals surface area contributed by atoms with Gasteiger partial charge in [0.1, 0.15) is 5.75 Å². The van der Waals surface area contributed by atoms with Gasteiger partial charge < -0.3 is 20.1 Å². The number of rotatable bonds is 6. The summed E-state index contributed by atoms with van der Waals surface area (Å²) < 4.78 is 5.27. The second-order valence-corrected chi connectivity index (χ2v) is 6.38. The SMILES string of the molecule is COc1cccc(NC2CCN(C[C@H](O)c3ccccc3)CC2)c1. The van der Waals surface area contributed by atoms with Gasteiger partial charge in [0.2, 0.25) is 0 Å². The van der Waals surface area contributed by atoms with Crippen LogP contribution < -0.4 is 10.1 Å². The highest BCUT2D eigenvalue weighted by Crippen LogP contribution is 2.22. The highest BCUT2D eigenvalue weighted by atomic mass is 16.5. The Morgan fingerprint density at radius 2 is 1.88 bits per heavy atom. The van der Waals surface area contributed by atoms with Crippen LogP contribution in [0, 0.1) is 0 Å². The first-order valence-electron chi connectivity index (χ1n) is 8.60. The van der Waals surface area contributed by atoms with Crippen LogP contribution in [-0.2, 0) is 0 Å². The molecule has 0 radical (unpaired) electrons. The first-order chi connectivity index (χ1) is 11.7. The van der Waals surface area contributed by atoms with Crippen LogP contribution in [-0.4, -0.2) is 42.8 Å². The van der Waals surface area contributed by atoms with Crippen molar-refractivity contribution in [1.82, 2.24) is 4.90 Å². The number of benzene rings is 2. The lowest BCUT2D eigenvalue weighted by molar-refractivity contribution is 0.0991. The molecule has 0 aromatic heterocycles. The Kier molecular flexibility index (Phi) is 5.72. The summed E-state index contributed by atoms with van der Waals surface area (Å²) in [6.07, 6.45) is 1.76. The van der Waals surface area contributed by atoms with E-state index in [2.05, 4.69) is 16.3 Å². The molecule has 2 aromatic rings. The number of aliphatic hydroxyl groups is 1. The Morgan fingerprint density at radius 1 is 1.12 bits per heavy atom. The minimum atomic E-state index is -0.408. The fourth-order valence-electron chi connectivity index (χ4n) is 3.23. The van der Waals surface area contributed by atoms with Crippen LogP contribution in [0.4, 0.5) is 5.69 Å². The lowest BCUT2D eigenvalue weighted by atomic mass is 10.0. The number of hydrogen-bond donors (Lipinski definition) is 2. The van der Waals surface area contributed by atoms with Gasteiger partial charge in [-0.05, 0) is 30.5 Å². The largest absolute Gasteiger partial charge is 0.497 e. The van der Waals surface area contributed by atoms with Crippen LogP contribution >= 0.6 is 0 Å². The molecule has 24 heavy (non-hydrogen) atoms. The van der Waals surface area contributed by atoms with Crippen molar-refractivity contribution in [2.45, 2.75) is 25.0 Å². The smallest absolute Gasteiger partial charge is 0.120 e. The fourth-order valence-corrected chi connectivity index (χ4v) is 3.23. The number of methoxy groups -OCH3 is 1. The summed E-state index contributed by atoms with van der Waals surface area (Å²) in [6.45, 7) is 2.72. The summed E-state index contributed by atoms with van der Waals surface area (Å²) in [5.41, 5.74) is 2.10. The topological polar surface area (TPSA) is 44.7 Å². The van der Waals surface area contributed by atoms with E-state index in [-0.39, 0.29) is 0 Å². The predicted molar refractivity (Wildman–Crippen MR) is 97.5 cm³/mol. The molecule has 3 rings (SSSR count). The summed E-state index contributed by atoms with van der Waals surface area (Å²) in [6, 6.07) is 18.5. The second-order valence-electron chi connectivity index (χ2n) is 6.38. The van der Waals surface area contributed by atoms with E-state index in [1.165, 1.54) is 0 Å². The van der Waals surface area contributed by atoms with Gasteiger partial charge in [-0.25, -0.2) is 0 Å². The van der Waals surface area contributed by atoms with Crippen molar-refractivity contribution < 1.29 is 9.84 Å². The molecule has 1 fully saturated rings. The minimum absolute atomic E-state index is 0.408. The normalized spacial score (nSPS) is 17.4. The van der Waals surface area contributed by atoms with E-state index in [1.54, 1.807) is 7.11 Å². The standard InChI is InChI=1S/C20H26N2O2/c1-24-19-9-5-8-18(14-19)21-17-10-12-22(13-11-17)15-20(23)16-6-3-2-4-7-16/h2-9,14,17,20-21,23H,10-13,15H2,1H3/t20-/m0/s1. The number of nitrogens with zero attached hydrogens (tertiary/aromatic N) is 1. The molecule has 128 valence electrons. The van der Waals surface area contributed by atoms with Crippen molar-refractivity contribution in [1.29, 1.82) is 0 Å². The Balaban J connectivity index is 1.47. The number of anilines is 1. The molecular formula is C20H26N2O2. The molecule has 0 saturated carbocycles. The molecule has 1 saturated heterocycles. The summed E-state index contributed by atoms with van der Waals surface area (Å²) >= 11 is 0. The average Bonchev–Trinajstić information content (AvgIpc) is 2.64. The van der Waals surface area contributed by atoms with Gasteiger partial charge in [-0.15, -0.1) is 0 Å². The molecule has 0 amide bonds. The first-order valence-corrected chi connectivity index (χ1v) is 8.60. The van der Waals surface area contributed by atoms with Gasteiger partial charge in [0.25, 0.3) is 0 Å². The average molecular weight is 326 g/mol. The van der Waals surface area contributed by atoms with Crippen LogP contribution in [0.5, 0.6) is 5.75 Å². The minimum Gasteiger partial charge on any atom is -0.497 e. The molecule has 1 aliphatic rings. The Hall–Kier alpha value is -2.04. The van der Waals surface area contributed by atoms with E-state index in [9.17, 15) is 5.11 Å². The van der Waals surface area contributed by atoms with Crippen LogP contribution in [0.15, 0.2) is 54.6 Å². The first kappa shape index (κ1) is 16.8. The lowest BCUT2D eigenvalue weighted by Gasteiger charge is -2.34. The number of hydrogen-bond acceptors (Lipinski definition) is 4. The monoisotopic (exact) mass is 326 g/mol. The Bertz CT molecular complexity index is 625. The summed E-state index contributed by atoms with van der Waals surface area (Å²) in [7, 11) is 1.69. The molecule has 2 aromatic carbocycles. The summed E-state index contributed by atoms with van der Waals surface area (Å²) in [5.74, 6) is 0.878. The number of piperidine rings is 1. The number of β-amino-alcohol motifs (C(OH)–C–C–N with tert-alkyl or cyclic N) is 1. The predicted octanol–water partition coefficient (Wildman–Crippen LogP) is 3.31. The van der Waals surface area contributed by atoms with Crippen molar-refractivity contribution in [2.75, 3.05) is 32.1 Å². The van der Waals surface area contributed by atoms with Crippen molar-refractivity contribution in [3.05, 3.63) is 60.2 Å². The molecule has 2 N–H and O–H groups in total. The fraction of sp³-hybridized carbons (Fsp3) is 0.400.